The summed E-state index contributed by atoms with van der Waals surface area (Å²) in [4.78, 5) is 29.5. The molecule has 2 unspecified atom stereocenters. The van der Waals surface area contributed by atoms with Gasteiger partial charge in [-0.05, 0) is 30.5 Å². The van der Waals surface area contributed by atoms with Crippen molar-refractivity contribution in [2.24, 2.45) is 0 Å². The number of fused-ring (bicyclic) bond motifs is 1. The predicted octanol–water partition coefficient (Wildman–Crippen LogP) is 1.34. The van der Waals surface area contributed by atoms with Crippen LogP contribution >= 0.6 is 0 Å². The molecule has 3 aliphatic heterocycles. The summed E-state index contributed by atoms with van der Waals surface area (Å²) in [6.07, 6.45) is 3.36. The van der Waals surface area contributed by atoms with Gasteiger partial charge in [-0.15, -0.1) is 0 Å². The molecule has 0 aliphatic carbocycles. The SMILES string of the molecule is COC(=O)C1Cc2ccccc2CN1C(=O)CN1CCCCC1C1OCCO1. The fraction of sp³-hybridized carbons (Fsp3) is 0.619. The lowest BCUT2D eigenvalue weighted by Crippen LogP contribution is -2.55. The van der Waals surface area contributed by atoms with Crippen molar-refractivity contribution >= 4 is 11.9 Å². The van der Waals surface area contributed by atoms with Crippen molar-refractivity contribution in [3.05, 3.63) is 35.4 Å². The molecular weight excluding hydrogens is 360 g/mol. The van der Waals surface area contributed by atoms with Crippen LogP contribution in [0.4, 0.5) is 0 Å². The van der Waals surface area contributed by atoms with Gasteiger partial charge in [-0.1, -0.05) is 30.7 Å². The molecule has 152 valence electrons. The molecule has 0 N–H and O–H groups in total. The summed E-state index contributed by atoms with van der Waals surface area (Å²) in [5, 5.41) is 0. The van der Waals surface area contributed by atoms with Crippen LogP contribution < -0.4 is 0 Å². The molecule has 0 spiro atoms. The molecule has 1 aromatic carbocycles. The number of hydrogen-bond acceptors (Lipinski definition) is 6. The molecular formula is C21H28N2O5. The summed E-state index contributed by atoms with van der Waals surface area (Å²) in [6, 6.07) is 7.48. The number of piperidine rings is 1. The molecule has 1 aromatic rings. The summed E-state index contributed by atoms with van der Waals surface area (Å²) >= 11 is 0. The van der Waals surface area contributed by atoms with Crippen LogP contribution in [0.5, 0.6) is 0 Å². The number of nitrogens with zero attached hydrogens (tertiary/aromatic N) is 2. The number of likely N-dealkylation sites (tertiary alicyclic amines) is 1. The summed E-state index contributed by atoms with van der Waals surface area (Å²) < 4.78 is 16.4. The molecule has 3 heterocycles. The fourth-order valence-corrected chi connectivity index (χ4v) is 4.52. The maximum atomic E-state index is 13.3. The molecule has 2 atom stereocenters. The van der Waals surface area contributed by atoms with Gasteiger partial charge < -0.3 is 19.1 Å². The Morgan fingerprint density at radius 3 is 2.64 bits per heavy atom. The minimum absolute atomic E-state index is 0.0465. The van der Waals surface area contributed by atoms with E-state index in [9.17, 15) is 9.59 Å². The van der Waals surface area contributed by atoms with Crippen LogP contribution in [-0.2, 0) is 36.8 Å². The number of rotatable bonds is 4. The van der Waals surface area contributed by atoms with E-state index in [1.165, 1.54) is 7.11 Å². The lowest BCUT2D eigenvalue weighted by molar-refractivity contribution is -0.156. The third-order valence-electron chi connectivity index (χ3n) is 6.01. The van der Waals surface area contributed by atoms with Crippen molar-refractivity contribution in [2.45, 2.75) is 50.6 Å². The van der Waals surface area contributed by atoms with Gasteiger partial charge in [-0.2, -0.15) is 0 Å². The topological polar surface area (TPSA) is 68.3 Å². The van der Waals surface area contributed by atoms with E-state index in [2.05, 4.69) is 4.90 Å². The Morgan fingerprint density at radius 2 is 1.89 bits per heavy atom. The van der Waals surface area contributed by atoms with E-state index in [4.69, 9.17) is 14.2 Å². The first-order chi connectivity index (χ1) is 13.7. The second-order valence-electron chi connectivity index (χ2n) is 7.68. The molecule has 0 aromatic heterocycles. The van der Waals surface area contributed by atoms with Crippen molar-refractivity contribution in [3.63, 3.8) is 0 Å². The van der Waals surface area contributed by atoms with Crippen LogP contribution in [0.1, 0.15) is 30.4 Å². The highest BCUT2D eigenvalue weighted by Gasteiger charge is 2.39. The van der Waals surface area contributed by atoms with Crippen LogP contribution in [0.3, 0.4) is 0 Å². The molecule has 3 aliphatic rings. The van der Waals surface area contributed by atoms with E-state index in [1.807, 2.05) is 24.3 Å². The molecule has 7 nitrogen and oxygen atoms in total. The minimum Gasteiger partial charge on any atom is -0.467 e. The summed E-state index contributed by atoms with van der Waals surface area (Å²) in [5.74, 6) is -0.407. The van der Waals surface area contributed by atoms with Crippen LogP contribution in [0.15, 0.2) is 24.3 Å². The van der Waals surface area contributed by atoms with Crippen LogP contribution in [0, 0.1) is 0 Å². The van der Waals surface area contributed by atoms with Gasteiger partial charge >= 0.3 is 5.97 Å². The second kappa shape index (κ2) is 8.59. The highest BCUT2D eigenvalue weighted by Crippen LogP contribution is 2.27. The average Bonchev–Trinajstić information content (AvgIpc) is 3.27. The number of hydrogen-bond donors (Lipinski definition) is 0. The van der Waals surface area contributed by atoms with E-state index in [0.29, 0.717) is 26.2 Å². The Morgan fingerprint density at radius 1 is 1.14 bits per heavy atom. The van der Waals surface area contributed by atoms with Gasteiger partial charge in [0, 0.05) is 13.0 Å². The molecule has 7 heteroatoms. The number of carbonyl (C=O) groups is 2. The number of benzene rings is 1. The van der Waals surface area contributed by atoms with Gasteiger partial charge in [0.2, 0.25) is 5.91 Å². The maximum absolute atomic E-state index is 13.3. The third kappa shape index (κ3) is 3.92. The van der Waals surface area contributed by atoms with Crippen molar-refractivity contribution in [1.82, 2.24) is 9.80 Å². The van der Waals surface area contributed by atoms with E-state index < -0.39 is 6.04 Å². The Labute approximate surface area is 165 Å². The molecule has 4 rings (SSSR count). The van der Waals surface area contributed by atoms with E-state index in [1.54, 1.807) is 4.90 Å². The first kappa shape index (κ1) is 19.4. The average molecular weight is 388 g/mol. The van der Waals surface area contributed by atoms with Gasteiger partial charge in [-0.25, -0.2) is 4.79 Å². The Balaban J connectivity index is 1.50. The third-order valence-corrected chi connectivity index (χ3v) is 6.01. The lowest BCUT2D eigenvalue weighted by atomic mass is 9.93. The molecule has 0 saturated carbocycles. The fourth-order valence-electron chi connectivity index (χ4n) is 4.52. The lowest BCUT2D eigenvalue weighted by Gasteiger charge is -2.40. The summed E-state index contributed by atoms with van der Waals surface area (Å²) in [5.41, 5.74) is 2.19. The maximum Gasteiger partial charge on any atom is 0.328 e. The van der Waals surface area contributed by atoms with E-state index >= 15 is 0 Å². The number of amides is 1. The quantitative estimate of drug-likeness (QED) is 0.725. The van der Waals surface area contributed by atoms with Gasteiger partial charge in [0.05, 0.1) is 32.9 Å². The van der Waals surface area contributed by atoms with E-state index in [0.717, 1.165) is 36.9 Å². The zero-order valence-corrected chi connectivity index (χ0v) is 16.3. The molecule has 2 fully saturated rings. The predicted molar refractivity (Wildman–Crippen MR) is 101 cm³/mol. The summed E-state index contributed by atoms with van der Waals surface area (Å²) in [6.45, 7) is 2.76. The van der Waals surface area contributed by atoms with Gasteiger partial charge in [0.1, 0.15) is 6.04 Å². The van der Waals surface area contributed by atoms with Crippen LogP contribution in [0.2, 0.25) is 0 Å². The number of carbonyl (C=O) groups excluding carboxylic acids is 2. The zero-order chi connectivity index (χ0) is 19.5. The van der Waals surface area contributed by atoms with Crippen LogP contribution in [0.25, 0.3) is 0 Å². The normalized spacial score (nSPS) is 26.1. The molecule has 0 bridgehead atoms. The smallest absolute Gasteiger partial charge is 0.328 e. The van der Waals surface area contributed by atoms with Gasteiger partial charge in [0.15, 0.2) is 6.29 Å². The first-order valence-corrected chi connectivity index (χ1v) is 10.1. The van der Waals surface area contributed by atoms with Crippen molar-refractivity contribution < 1.29 is 23.8 Å². The Bertz CT molecular complexity index is 719. The molecule has 0 radical (unpaired) electrons. The molecule has 1 amide bonds. The zero-order valence-electron chi connectivity index (χ0n) is 16.3. The van der Waals surface area contributed by atoms with Gasteiger partial charge in [-0.3, -0.25) is 9.69 Å². The Kier molecular flexibility index (Phi) is 5.94. The highest BCUT2D eigenvalue weighted by atomic mass is 16.7. The Hall–Kier alpha value is -1.96. The van der Waals surface area contributed by atoms with Crippen molar-refractivity contribution in [2.75, 3.05) is 33.4 Å². The van der Waals surface area contributed by atoms with Gasteiger partial charge in [0.25, 0.3) is 0 Å². The number of methoxy groups -OCH3 is 1. The van der Waals surface area contributed by atoms with Crippen molar-refractivity contribution in [1.29, 1.82) is 0 Å². The first-order valence-electron chi connectivity index (χ1n) is 10.1. The summed E-state index contributed by atoms with van der Waals surface area (Å²) in [7, 11) is 1.38. The minimum atomic E-state index is -0.574. The number of ether oxygens (including phenoxy) is 3. The largest absolute Gasteiger partial charge is 0.467 e. The highest BCUT2D eigenvalue weighted by molar-refractivity contribution is 5.86. The molecule has 2 saturated heterocycles. The monoisotopic (exact) mass is 388 g/mol. The van der Waals surface area contributed by atoms with Crippen LogP contribution in [-0.4, -0.2) is 73.5 Å². The molecule has 28 heavy (non-hydrogen) atoms. The van der Waals surface area contributed by atoms with Crippen molar-refractivity contribution in [3.8, 4) is 0 Å². The number of esters is 1. The standard InChI is InChI=1S/C21H28N2O5/c1-26-20(25)18-12-15-6-2-3-7-16(15)13-23(18)19(24)14-22-9-5-4-8-17(22)21-27-10-11-28-21/h2-3,6-7,17-18,21H,4-5,8-14H2,1H3. The van der Waals surface area contributed by atoms with E-state index in [-0.39, 0.29) is 30.8 Å². The second-order valence-corrected chi connectivity index (χ2v) is 7.68.